The molecule has 2 aromatic rings. The van der Waals surface area contributed by atoms with Crippen molar-refractivity contribution >= 4 is 17.3 Å². The van der Waals surface area contributed by atoms with Gasteiger partial charge in [0, 0.05) is 25.2 Å². The molecule has 0 N–H and O–H groups in total. The van der Waals surface area contributed by atoms with Crippen LogP contribution in [0.2, 0.25) is 5.02 Å². The van der Waals surface area contributed by atoms with Gasteiger partial charge >= 0.3 is 6.36 Å². The molecule has 0 unspecified atom stereocenters. The largest absolute Gasteiger partial charge is 0.573 e. The normalized spacial score (nSPS) is 14.6. The van der Waals surface area contributed by atoms with E-state index >= 15 is 0 Å². The fourth-order valence-corrected chi connectivity index (χ4v) is 2.81. The van der Waals surface area contributed by atoms with Crippen molar-refractivity contribution < 1.29 is 22.3 Å². The molecule has 1 aliphatic rings. The molecule has 121 valence electrons. The number of rotatable bonds is 2. The minimum atomic E-state index is -4.86. The van der Waals surface area contributed by atoms with E-state index in [0.717, 1.165) is 23.3 Å². The molecule has 2 aromatic carbocycles. The van der Waals surface area contributed by atoms with Gasteiger partial charge in [-0.15, -0.1) is 13.2 Å². The Bertz CT molecular complexity index is 733. The molecule has 0 amide bonds. The lowest BCUT2D eigenvalue weighted by molar-refractivity contribution is -0.274. The monoisotopic (exact) mass is 344 g/mol. The molecule has 2 nitrogen and oxygen atoms in total. The Hall–Kier alpha value is -1.95. The molecule has 1 aliphatic heterocycles. The van der Waals surface area contributed by atoms with Crippen LogP contribution in [0.1, 0.15) is 11.1 Å². The van der Waals surface area contributed by atoms with Gasteiger partial charge in [-0.1, -0.05) is 29.8 Å². The molecule has 0 aliphatic carbocycles. The molecule has 23 heavy (non-hydrogen) atoms. The average molecular weight is 345 g/mol. The molecule has 1 heterocycles. The lowest BCUT2D eigenvalue weighted by atomic mass is 9.99. The van der Waals surface area contributed by atoms with Crippen LogP contribution < -0.4 is 9.64 Å². The summed E-state index contributed by atoms with van der Waals surface area (Å²) in [6, 6.07) is 10.3. The van der Waals surface area contributed by atoms with Gasteiger partial charge in [-0.05, 0) is 23.6 Å². The van der Waals surface area contributed by atoms with E-state index in [2.05, 4.69) is 10.8 Å². The predicted molar refractivity (Wildman–Crippen MR) is 78.1 cm³/mol. The Kier molecular flexibility index (Phi) is 4.10. The Morgan fingerprint density at radius 1 is 1.22 bits per heavy atom. The summed E-state index contributed by atoms with van der Waals surface area (Å²) in [6.45, 7) is 0.848. The van der Waals surface area contributed by atoms with E-state index in [1.54, 1.807) is 11.0 Å². The maximum atomic E-state index is 14.3. The number of benzene rings is 2. The highest BCUT2D eigenvalue weighted by atomic mass is 35.5. The molecule has 3 rings (SSSR count). The quantitative estimate of drug-likeness (QED) is 0.730. The lowest BCUT2D eigenvalue weighted by Gasteiger charge is -2.31. The topological polar surface area (TPSA) is 12.5 Å². The zero-order chi connectivity index (χ0) is 16.6. The van der Waals surface area contributed by atoms with Gasteiger partial charge in [0.05, 0.1) is 10.7 Å². The highest BCUT2D eigenvalue weighted by Gasteiger charge is 2.32. The van der Waals surface area contributed by atoms with Crippen molar-refractivity contribution in [2.45, 2.75) is 19.3 Å². The molecule has 0 atom stereocenters. The molecule has 1 radical (unpaired) electrons. The summed E-state index contributed by atoms with van der Waals surface area (Å²) >= 11 is 5.71. The molecular formula is C16H11ClF4NO. The third kappa shape index (κ3) is 3.52. The zero-order valence-electron chi connectivity index (χ0n) is 11.8. The van der Waals surface area contributed by atoms with E-state index in [1.165, 1.54) is 0 Å². The summed E-state index contributed by atoms with van der Waals surface area (Å²) in [4.78, 5) is 1.65. The Morgan fingerprint density at radius 2 is 2.00 bits per heavy atom. The summed E-state index contributed by atoms with van der Waals surface area (Å²) in [6.07, 6.45) is -4.21. The second-order valence-electron chi connectivity index (χ2n) is 5.15. The number of alkyl halides is 3. The average Bonchev–Trinajstić information content (AvgIpc) is 2.48. The first-order chi connectivity index (χ1) is 10.8. The van der Waals surface area contributed by atoms with Crippen molar-refractivity contribution in [1.29, 1.82) is 0 Å². The first-order valence-electron chi connectivity index (χ1n) is 6.81. The predicted octanol–water partition coefficient (Wildman–Crippen LogP) is 4.74. The lowest BCUT2D eigenvalue weighted by Crippen LogP contribution is -2.31. The van der Waals surface area contributed by atoms with Gasteiger partial charge in [-0.25, -0.2) is 4.39 Å². The molecule has 7 heteroatoms. The fourth-order valence-electron chi connectivity index (χ4n) is 2.60. The third-order valence-electron chi connectivity index (χ3n) is 3.62. The first kappa shape index (κ1) is 15.9. The Labute approximate surface area is 135 Å². The summed E-state index contributed by atoms with van der Waals surface area (Å²) in [5.41, 5.74) is 2.07. The van der Waals surface area contributed by atoms with Crippen LogP contribution in [0.4, 0.5) is 23.2 Å². The van der Waals surface area contributed by atoms with Crippen LogP contribution in [0.3, 0.4) is 0 Å². The van der Waals surface area contributed by atoms with E-state index in [1.807, 2.05) is 12.1 Å². The van der Waals surface area contributed by atoms with Crippen molar-refractivity contribution in [3.05, 3.63) is 58.4 Å². The van der Waals surface area contributed by atoms with Crippen LogP contribution in [-0.4, -0.2) is 12.9 Å². The molecular weight excluding hydrogens is 334 g/mol. The molecule has 0 saturated heterocycles. The van der Waals surface area contributed by atoms with Gasteiger partial charge in [-0.2, -0.15) is 0 Å². The summed E-state index contributed by atoms with van der Waals surface area (Å²) in [7, 11) is 0. The van der Waals surface area contributed by atoms with E-state index in [-0.39, 0.29) is 5.69 Å². The SMILES string of the molecule is Fc1c(Cl)cc(OC(F)(F)F)cc1N1CCc2c[c]ccc2C1. The van der Waals surface area contributed by atoms with Crippen molar-refractivity contribution in [2.24, 2.45) is 0 Å². The standard InChI is InChI=1S/C16H11ClF4NO/c17-13-7-12(23-16(19,20)21)8-14(15(13)18)22-6-5-10-3-1-2-4-11(10)9-22/h2-4,7-8H,5-6,9H2. The summed E-state index contributed by atoms with van der Waals surface area (Å²) in [5, 5.41) is -0.408. The highest BCUT2D eigenvalue weighted by molar-refractivity contribution is 6.31. The second kappa shape index (κ2) is 5.92. The minimum absolute atomic E-state index is 0.00441. The molecule has 0 fully saturated rings. The van der Waals surface area contributed by atoms with Gasteiger partial charge in [0.1, 0.15) is 5.75 Å². The van der Waals surface area contributed by atoms with Gasteiger partial charge in [-0.3, -0.25) is 0 Å². The minimum Gasteiger partial charge on any atom is -0.406 e. The second-order valence-corrected chi connectivity index (χ2v) is 5.56. The molecule has 0 aromatic heterocycles. The molecule has 0 spiro atoms. The number of anilines is 1. The van der Waals surface area contributed by atoms with Crippen molar-refractivity contribution in [3.8, 4) is 5.75 Å². The summed E-state index contributed by atoms with van der Waals surface area (Å²) in [5.74, 6) is -1.29. The van der Waals surface area contributed by atoms with Crippen LogP contribution in [0.5, 0.6) is 5.75 Å². The van der Waals surface area contributed by atoms with Gasteiger partial charge in [0.25, 0.3) is 0 Å². The van der Waals surface area contributed by atoms with Crippen molar-refractivity contribution in [3.63, 3.8) is 0 Å². The van der Waals surface area contributed by atoms with E-state index in [0.29, 0.717) is 19.5 Å². The number of nitrogens with zero attached hydrogens (tertiary/aromatic N) is 1. The zero-order valence-corrected chi connectivity index (χ0v) is 12.5. The summed E-state index contributed by atoms with van der Waals surface area (Å²) < 4.78 is 55.2. The number of fused-ring (bicyclic) bond motifs is 1. The van der Waals surface area contributed by atoms with Gasteiger partial charge in [0.15, 0.2) is 5.82 Å². The van der Waals surface area contributed by atoms with E-state index in [4.69, 9.17) is 11.6 Å². The van der Waals surface area contributed by atoms with Crippen LogP contribution in [-0.2, 0) is 13.0 Å². The van der Waals surface area contributed by atoms with Gasteiger partial charge in [0.2, 0.25) is 0 Å². The maximum absolute atomic E-state index is 14.3. The number of halogens is 5. The Morgan fingerprint density at radius 3 is 2.74 bits per heavy atom. The third-order valence-corrected chi connectivity index (χ3v) is 3.89. The van der Waals surface area contributed by atoms with Crippen LogP contribution in [0.15, 0.2) is 30.3 Å². The number of ether oxygens (including phenoxy) is 1. The van der Waals surface area contributed by atoms with Crippen molar-refractivity contribution in [2.75, 3.05) is 11.4 Å². The highest BCUT2D eigenvalue weighted by Crippen LogP contribution is 2.36. The van der Waals surface area contributed by atoms with E-state index in [9.17, 15) is 17.6 Å². The molecule has 0 saturated carbocycles. The Balaban J connectivity index is 1.93. The number of hydrogen-bond acceptors (Lipinski definition) is 2. The first-order valence-corrected chi connectivity index (χ1v) is 7.19. The van der Waals surface area contributed by atoms with E-state index < -0.39 is 23.0 Å². The van der Waals surface area contributed by atoms with Crippen molar-refractivity contribution in [1.82, 2.24) is 0 Å². The van der Waals surface area contributed by atoms with Crippen LogP contribution in [0.25, 0.3) is 0 Å². The van der Waals surface area contributed by atoms with Crippen LogP contribution in [0, 0.1) is 11.9 Å². The molecule has 0 bridgehead atoms. The van der Waals surface area contributed by atoms with Gasteiger partial charge < -0.3 is 9.64 Å². The fraction of sp³-hybridized carbons (Fsp3) is 0.250. The maximum Gasteiger partial charge on any atom is 0.573 e. The smallest absolute Gasteiger partial charge is 0.406 e. The number of hydrogen-bond donors (Lipinski definition) is 0. The van der Waals surface area contributed by atoms with Crippen LogP contribution >= 0.6 is 11.6 Å².